The number of hydrogen-bond acceptors (Lipinski definition) is 4. The van der Waals surface area contributed by atoms with Crippen LogP contribution >= 0.6 is 22.9 Å². The predicted molar refractivity (Wildman–Crippen MR) is 89.4 cm³/mol. The van der Waals surface area contributed by atoms with E-state index in [2.05, 4.69) is 9.88 Å². The quantitative estimate of drug-likeness (QED) is 0.930. The summed E-state index contributed by atoms with van der Waals surface area (Å²) in [7, 11) is 0. The van der Waals surface area contributed by atoms with Crippen molar-refractivity contribution in [2.24, 2.45) is 5.73 Å². The van der Waals surface area contributed by atoms with Crippen LogP contribution < -0.4 is 5.73 Å². The van der Waals surface area contributed by atoms with Gasteiger partial charge >= 0.3 is 0 Å². The van der Waals surface area contributed by atoms with Gasteiger partial charge in [-0.1, -0.05) is 36.2 Å². The highest BCUT2D eigenvalue weighted by atomic mass is 35.5. The second kappa shape index (κ2) is 6.77. The van der Waals surface area contributed by atoms with Gasteiger partial charge in [-0.25, -0.2) is 4.98 Å². The van der Waals surface area contributed by atoms with Crippen LogP contribution in [0.4, 0.5) is 0 Å². The summed E-state index contributed by atoms with van der Waals surface area (Å²) in [5.41, 5.74) is 6.40. The van der Waals surface area contributed by atoms with Crippen LogP contribution in [0, 0.1) is 0 Å². The Bertz CT molecular complexity index is 667. The zero-order chi connectivity index (χ0) is 15.5. The van der Waals surface area contributed by atoms with Crippen molar-refractivity contribution in [3.05, 3.63) is 50.9 Å². The lowest BCUT2D eigenvalue weighted by Crippen LogP contribution is -2.34. The molecule has 3 rings (SSSR count). The van der Waals surface area contributed by atoms with Gasteiger partial charge in [0, 0.05) is 16.1 Å². The Morgan fingerprint density at radius 3 is 2.64 bits per heavy atom. The third-order valence-electron chi connectivity index (χ3n) is 3.96. The van der Waals surface area contributed by atoms with Crippen LogP contribution in [0.2, 0.25) is 5.02 Å². The number of hydrogen-bond donors (Lipinski definition) is 1. The van der Waals surface area contributed by atoms with E-state index in [0.29, 0.717) is 5.01 Å². The van der Waals surface area contributed by atoms with Crippen molar-refractivity contribution in [1.82, 2.24) is 9.88 Å². The molecular weight excluding hydrogens is 318 g/mol. The second-order valence-electron chi connectivity index (χ2n) is 5.45. The molecule has 1 saturated heterocycles. The molecule has 1 aromatic heterocycles. The average Bonchev–Trinajstić information content (AvgIpc) is 3.00. The van der Waals surface area contributed by atoms with E-state index in [-0.39, 0.29) is 6.04 Å². The highest BCUT2D eigenvalue weighted by Gasteiger charge is 2.27. The number of primary amides is 1. The number of benzene rings is 1. The van der Waals surface area contributed by atoms with Crippen molar-refractivity contribution in [2.45, 2.75) is 25.3 Å². The lowest BCUT2D eigenvalue weighted by atomic mass is 10.0. The minimum atomic E-state index is -0.479. The molecule has 0 radical (unpaired) electrons. The number of halogens is 1. The smallest absolute Gasteiger partial charge is 0.277 e. The fraction of sp³-hybridized carbons (Fsp3) is 0.375. The van der Waals surface area contributed by atoms with Gasteiger partial charge in [0.05, 0.1) is 6.04 Å². The third kappa shape index (κ3) is 3.16. The number of carbonyl (C=O) groups is 1. The number of piperidine rings is 1. The molecule has 2 N–H and O–H groups in total. The minimum Gasteiger partial charge on any atom is -0.364 e. The molecular formula is C16H18ClN3OS. The topological polar surface area (TPSA) is 59.2 Å². The first-order valence-corrected chi connectivity index (χ1v) is 8.60. The standard InChI is InChI=1S/C16H18ClN3OS/c17-12-7-3-2-6-11(12)14(20-8-4-1-5-9-20)13-10-19-16(22-13)15(18)21/h2-3,6-7,10,14H,1,4-5,8-9H2,(H2,18,21). The first-order chi connectivity index (χ1) is 10.7. The molecule has 1 unspecified atom stereocenters. The zero-order valence-corrected chi connectivity index (χ0v) is 13.7. The summed E-state index contributed by atoms with van der Waals surface area (Å²) < 4.78 is 0. The van der Waals surface area contributed by atoms with Gasteiger partial charge < -0.3 is 5.73 Å². The van der Waals surface area contributed by atoms with E-state index in [1.807, 2.05) is 24.3 Å². The van der Waals surface area contributed by atoms with Crippen molar-refractivity contribution in [1.29, 1.82) is 0 Å². The van der Waals surface area contributed by atoms with Gasteiger partial charge in [-0.2, -0.15) is 0 Å². The molecule has 22 heavy (non-hydrogen) atoms. The molecule has 0 saturated carbocycles. The van der Waals surface area contributed by atoms with E-state index in [4.69, 9.17) is 17.3 Å². The fourth-order valence-corrected chi connectivity index (χ4v) is 4.09. The van der Waals surface area contributed by atoms with E-state index in [1.165, 1.54) is 30.6 Å². The molecule has 2 aromatic rings. The van der Waals surface area contributed by atoms with Gasteiger partial charge in [0.1, 0.15) is 0 Å². The molecule has 1 aliphatic rings. The third-order valence-corrected chi connectivity index (χ3v) is 5.37. The number of thiazole rings is 1. The van der Waals surface area contributed by atoms with Crippen molar-refractivity contribution in [2.75, 3.05) is 13.1 Å². The molecule has 1 amide bonds. The number of carbonyl (C=O) groups excluding carboxylic acids is 1. The maximum atomic E-state index is 11.3. The maximum absolute atomic E-state index is 11.3. The lowest BCUT2D eigenvalue weighted by Gasteiger charge is -2.34. The van der Waals surface area contributed by atoms with E-state index < -0.39 is 5.91 Å². The minimum absolute atomic E-state index is 0.0413. The van der Waals surface area contributed by atoms with Crippen LogP contribution in [0.25, 0.3) is 0 Å². The van der Waals surface area contributed by atoms with Crippen LogP contribution in [0.1, 0.15) is 45.5 Å². The first kappa shape index (κ1) is 15.5. The molecule has 0 bridgehead atoms. The second-order valence-corrected chi connectivity index (χ2v) is 6.92. The Labute approximate surface area is 138 Å². The summed E-state index contributed by atoms with van der Waals surface area (Å²) >= 11 is 7.78. The van der Waals surface area contributed by atoms with Crippen molar-refractivity contribution in [3.8, 4) is 0 Å². The average molecular weight is 336 g/mol. The summed E-state index contributed by atoms with van der Waals surface area (Å²) in [4.78, 5) is 18.9. The van der Waals surface area contributed by atoms with Crippen LogP contribution in [0.15, 0.2) is 30.5 Å². The summed E-state index contributed by atoms with van der Waals surface area (Å²) in [5.74, 6) is -0.479. The SMILES string of the molecule is NC(=O)c1ncc(C(c2ccccc2Cl)N2CCCCC2)s1. The van der Waals surface area contributed by atoms with Crippen molar-refractivity contribution >= 4 is 28.8 Å². The molecule has 2 heterocycles. The van der Waals surface area contributed by atoms with Gasteiger partial charge in [-0.3, -0.25) is 9.69 Å². The number of amides is 1. The Hall–Kier alpha value is -1.43. The van der Waals surface area contributed by atoms with E-state index >= 15 is 0 Å². The summed E-state index contributed by atoms with van der Waals surface area (Å²) in [6, 6.07) is 7.92. The van der Waals surface area contributed by atoms with Crippen molar-refractivity contribution in [3.63, 3.8) is 0 Å². The molecule has 0 aliphatic carbocycles. The summed E-state index contributed by atoms with van der Waals surface area (Å²) in [5, 5.41) is 1.09. The Kier molecular flexibility index (Phi) is 4.76. The molecule has 1 aromatic carbocycles. The summed E-state index contributed by atoms with van der Waals surface area (Å²) in [6.45, 7) is 2.05. The monoisotopic (exact) mass is 335 g/mol. The molecule has 4 nitrogen and oxygen atoms in total. The van der Waals surface area contributed by atoms with Gasteiger partial charge in [-0.05, 0) is 37.6 Å². The normalized spacial score (nSPS) is 17.3. The maximum Gasteiger partial charge on any atom is 0.277 e. The summed E-state index contributed by atoms with van der Waals surface area (Å²) in [6.07, 6.45) is 5.39. The highest BCUT2D eigenvalue weighted by molar-refractivity contribution is 7.13. The van der Waals surface area contributed by atoms with E-state index in [1.54, 1.807) is 6.20 Å². The van der Waals surface area contributed by atoms with Crippen LogP contribution in [-0.2, 0) is 0 Å². The van der Waals surface area contributed by atoms with Gasteiger partial charge in [-0.15, -0.1) is 11.3 Å². The van der Waals surface area contributed by atoms with Crippen LogP contribution in [-0.4, -0.2) is 28.9 Å². The number of nitrogens with zero attached hydrogens (tertiary/aromatic N) is 2. The van der Waals surface area contributed by atoms with E-state index in [9.17, 15) is 4.79 Å². The molecule has 1 fully saturated rings. The Balaban J connectivity index is 2.01. The number of likely N-dealkylation sites (tertiary alicyclic amines) is 1. The lowest BCUT2D eigenvalue weighted by molar-refractivity contribution is 0.1000. The number of nitrogens with two attached hydrogens (primary N) is 1. The Morgan fingerprint density at radius 2 is 2.00 bits per heavy atom. The van der Waals surface area contributed by atoms with Crippen molar-refractivity contribution < 1.29 is 4.79 Å². The Morgan fingerprint density at radius 1 is 1.27 bits per heavy atom. The molecule has 6 heteroatoms. The molecule has 1 aliphatic heterocycles. The highest BCUT2D eigenvalue weighted by Crippen LogP contribution is 2.37. The molecule has 0 spiro atoms. The predicted octanol–water partition coefficient (Wildman–Crippen LogP) is 3.47. The fourth-order valence-electron chi connectivity index (χ4n) is 2.93. The van der Waals surface area contributed by atoms with Gasteiger partial charge in [0.25, 0.3) is 5.91 Å². The number of rotatable bonds is 4. The molecule has 1 atom stereocenters. The first-order valence-electron chi connectivity index (χ1n) is 7.41. The van der Waals surface area contributed by atoms with Crippen LogP contribution in [0.5, 0.6) is 0 Å². The molecule has 116 valence electrons. The van der Waals surface area contributed by atoms with Gasteiger partial charge in [0.15, 0.2) is 5.01 Å². The zero-order valence-electron chi connectivity index (χ0n) is 12.2. The van der Waals surface area contributed by atoms with E-state index in [0.717, 1.165) is 28.6 Å². The largest absolute Gasteiger partial charge is 0.364 e. The van der Waals surface area contributed by atoms with Gasteiger partial charge in [0.2, 0.25) is 0 Å². The number of aromatic nitrogens is 1. The van der Waals surface area contributed by atoms with Crippen LogP contribution in [0.3, 0.4) is 0 Å².